The Morgan fingerprint density at radius 1 is 0.951 bits per heavy atom. The van der Waals surface area contributed by atoms with Crippen LogP contribution in [0.3, 0.4) is 0 Å². The molecule has 2 atom stereocenters. The maximum Gasteiger partial charge on any atom is 0.247 e. The van der Waals surface area contributed by atoms with Crippen LogP contribution < -0.4 is 10.6 Å². The lowest BCUT2D eigenvalue weighted by Crippen LogP contribution is -2.35. The Kier molecular flexibility index (Phi) is 8.82. The summed E-state index contributed by atoms with van der Waals surface area (Å²) >= 11 is 0. The highest BCUT2D eigenvalue weighted by atomic mass is 16.2. The Morgan fingerprint density at radius 2 is 1.71 bits per heavy atom. The average molecular weight is 548 g/mol. The van der Waals surface area contributed by atoms with Crippen LogP contribution in [-0.4, -0.2) is 51.1 Å². The maximum absolute atomic E-state index is 13.4. The highest BCUT2D eigenvalue weighted by molar-refractivity contribution is 5.95. The maximum atomic E-state index is 13.4. The van der Waals surface area contributed by atoms with Gasteiger partial charge >= 0.3 is 0 Å². The van der Waals surface area contributed by atoms with Gasteiger partial charge in [-0.25, -0.2) is 4.98 Å². The summed E-state index contributed by atoms with van der Waals surface area (Å²) in [6, 6.07) is 22.3. The first kappa shape index (κ1) is 27.7. The zero-order valence-corrected chi connectivity index (χ0v) is 23.0. The minimum Gasteiger partial charge on any atom is -0.341 e. The molecular weight excluding hydrogens is 514 g/mol. The predicted molar refractivity (Wildman–Crippen MR) is 157 cm³/mol. The van der Waals surface area contributed by atoms with E-state index in [9.17, 15) is 9.59 Å². The molecule has 3 heterocycles. The highest BCUT2D eigenvalue weighted by Gasteiger charge is 2.22. The molecular formula is C32H33N7O2. The van der Waals surface area contributed by atoms with E-state index in [0.29, 0.717) is 17.9 Å². The number of likely N-dealkylation sites (tertiary alicyclic amines) is 1. The molecule has 2 aromatic heterocycles. The van der Waals surface area contributed by atoms with Gasteiger partial charge in [0.05, 0.1) is 17.8 Å². The van der Waals surface area contributed by atoms with E-state index in [4.69, 9.17) is 5.26 Å². The quantitative estimate of drug-likeness (QED) is 0.302. The first-order valence-electron chi connectivity index (χ1n) is 13.9. The van der Waals surface area contributed by atoms with Gasteiger partial charge in [-0.1, -0.05) is 49.4 Å². The van der Waals surface area contributed by atoms with Crippen molar-refractivity contribution in [3.8, 4) is 17.2 Å². The van der Waals surface area contributed by atoms with Gasteiger partial charge in [0.1, 0.15) is 18.4 Å². The van der Waals surface area contributed by atoms with Gasteiger partial charge in [-0.05, 0) is 54.2 Å². The van der Waals surface area contributed by atoms with Crippen molar-refractivity contribution in [1.82, 2.24) is 25.0 Å². The van der Waals surface area contributed by atoms with Crippen molar-refractivity contribution in [2.75, 3.05) is 25.0 Å². The second-order valence-electron chi connectivity index (χ2n) is 10.3. The third-order valence-corrected chi connectivity index (χ3v) is 7.37. The predicted octanol–water partition coefficient (Wildman–Crippen LogP) is 4.51. The van der Waals surface area contributed by atoms with E-state index in [1.165, 1.54) is 0 Å². The second-order valence-corrected chi connectivity index (χ2v) is 10.3. The number of benzene rings is 2. The fourth-order valence-electron chi connectivity index (χ4n) is 4.95. The number of pyridine rings is 1. The number of hydrogen-bond donors (Lipinski definition) is 2. The van der Waals surface area contributed by atoms with Crippen LogP contribution in [0.4, 0.5) is 5.82 Å². The normalized spacial score (nSPS) is 14.3. The van der Waals surface area contributed by atoms with Gasteiger partial charge < -0.3 is 15.5 Å². The molecule has 9 nitrogen and oxygen atoms in total. The lowest BCUT2D eigenvalue weighted by Gasteiger charge is -2.21. The van der Waals surface area contributed by atoms with Crippen LogP contribution in [0, 0.1) is 11.3 Å². The number of rotatable bonds is 10. The number of anilines is 1. The summed E-state index contributed by atoms with van der Waals surface area (Å²) in [5.41, 5.74) is 4.26. The summed E-state index contributed by atoms with van der Waals surface area (Å²) in [5.74, 6) is 0.446. The Balaban J connectivity index is 1.22. The van der Waals surface area contributed by atoms with E-state index in [1.54, 1.807) is 23.1 Å². The monoisotopic (exact) mass is 547 g/mol. The standard InChI is InChI=1S/C32H33N7O2/c1-23(25-11-9-24(17-33)10-12-25)18-35-31(26-7-3-2-4-8-26)32(41)37-29-14-13-27(19-34-29)28-20-36-39(21-28)22-30(40)38-15-5-6-16-38/h2-4,7-14,19-21,23,31,35H,5-6,15-16,18,22H2,1H3,(H,34,37,41)/t23-,31-/m1/s1. The summed E-state index contributed by atoms with van der Waals surface area (Å²) in [5, 5.41) is 19.8. The number of hydrogen-bond acceptors (Lipinski definition) is 6. The van der Waals surface area contributed by atoms with Crippen molar-refractivity contribution in [3.63, 3.8) is 0 Å². The van der Waals surface area contributed by atoms with E-state index >= 15 is 0 Å². The molecule has 0 aliphatic carbocycles. The van der Waals surface area contributed by atoms with Crippen molar-refractivity contribution in [1.29, 1.82) is 5.26 Å². The number of nitriles is 1. The average Bonchev–Trinajstić information content (AvgIpc) is 3.71. The second kappa shape index (κ2) is 13.0. The molecule has 1 saturated heterocycles. The molecule has 2 amide bonds. The Labute approximate surface area is 239 Å². The van der Waals surface area contributed by atoms with Crippen molar-refractivity contribution in [3.05, 3.63) is 102 Å². The van der Waals surface area contributed by atoms with Gasteiger partial charge in [-0.2, -0.15) is 10.4 Å². The largest absolute Gasteiger partial charge is 0.341 e. The molecule has 9 heteroatoms. The van der Waals surface area contributed by atoms with Gasteiger partial charge in [-0.15, -0.1) is 0 Å². The van der Waals surface area contributed by atoms with Gasteiger partial charge in [0.15, 0.2) is 0 Å². The van der Waals surface area contributed by atoms with E-state index in [2.05, 4.69) is 33.7 Å². The number of nitrogens with one attached hydrogen (secondary N) is 2. The van der Waals surface area contributed by atoms with Crippen LogP contribution in [0.2, 0.25) is 0 Å². The number of nitrogens with zero attached hydrogens (tertiary/aromatic N) is 5. The molecule has 208 valence electrons. The molecule has 2 N–H and O–H groups in total. The number of aromatic nitrogens is 3. The number of carbonyl (C=O) groups excluding carboxylic acids is 2. The third-order valence-electron chi connectivity index (χ3n) is 7.37. The van der Waals surface area contributed by atoms with Crippen molar-refractivity contribution >= 4 is 17.6 Å². The molecule has 1 aliphatic heterocycles. The fraction of sp³-hybridized carbons (Fsp3) is 0.281. The van der Waals surface area contributed by atoms with E-state index in [1.807, 2.05) is 71.8 Å². The lowest BCUT2D eigenvalue weighted by atomic mass is 9.98. The van der Waals surface area contributed by atoms with Gasteiger partial charge in [0.25, 0.3) is 0 Å². The Bertz CT molecular complexity index is 1500. The van der Waals surface area contributed by atoms with Gasteiger partial charge in [0.2, 0.25) is 11.8 Å². The lowest BCUT2D eigenvalue weighted by molar-refractivity contribution is -0.131. The highest BCUT2D eigenvalue weighted by Crippen LogP contribution is 2.22. The number of amides is 2. The molecule has 0 spiro atoms. The van der Waals surface area contributed by atoms with Crippen LogP contribution in [0.5, 0.6) is 0 Å². The summed E-state index contributed by atoms with van der Waals surface area (Å²) in [4.78, 5) is 32.2. The van der Waals surface area contributed by atoms with E-state index in [-0.39, 0.29) is 24.3 Å². The van der Waals surface area contributed by atoms with Gasteiger partial charge in [0, 0.05) is 43.2 Å². The van der Waals surface area contributed by atoms with Crippen molar-refractivity contribution < 1.29 is 9.59 Å². The minimum absolute atomic E-state index is 0.0845. The Hall–Kier alpha value is -4.81. The topological polar surface area (TPSA) is 116 Å². The summed E-state index contributed by atoms with van der Waals surface area (Å²) < 4.78 is 1.65. The zero-order valence-electron chi connectivity index (χ0n) is 23.0. The summed E-state index contributed by atoms with van der Waals surface area (Å²) in [6.07, 6.45) is 7.37. The third kappa shape index (κ3) is 7.04. The van der Waals surface area contributed by atoms with Crippen LogP contribution in [0.1, 0.15) is 48.4 Å². The van der Waals surface area contributed by atoms with Crippen LogP contribution in [0.15, 0.2) is 85.3 Å². The first-order chi connectivity index (χ1) is 20.0. The SMILES string of the molecule is C[C@H](CN[C@@H](C(=O)Nc1ccc(-c2cnn(CC(=O)N3CCCC3)c2)cn1)c1ccccc1)c1ccc(C#N)cc1. The van der Waals surface area contributed by atoms with Crippen molar-refractivity contribution in [2.24, 2.45) is 0 Å². The minimum atomic E-state index is -0.579. The molecule has 4 aromatic rings. The first-order valence-corrected chi connectivity index (χ1v) is 13.9. The fourth-order valence-corrected chi connectivity index (χ4v) is 4.95. The number of carbonyl (C=O) groups is 2. The molecule has 0 bridgehead atoms. The van der Waals surface area contributed by atoms with Crippen LogP contribution >= 0.6 is 0 Å². The Morgan fingerprint density at radius 3 is 2.39 bits per heavy atom. The molecule has 0 saturated carbocycles. The van der Waals surface area contributed by atoms with Crippen LogP contribution in [0.25, 0.3) is 11.1 Å². The van der Waals surface area contributed by atoms with Crippen molar-refractivity contribution in [2.45, 2.75) is 38.3 Å². The van der Waals surface area contributed by atoms with E-state index < -0.39 is 6.04 Å². The van der Waals surface area contributed by atoms with Gasteiger partial charge in [-0.3, -0.25) is 14.3 Å². The smallest absolute Gasteiger partial charge is 0.247 e. The molecule has 0 radical (unpaired) electrons. The molecule has 0 unspecified atom stereocenters. The van der Waals surface area contributed by atoms with Crippen LogP contribution in [-0.2, 0) is 16.1 Å². The molecule has 1 aliphatic rings. The summed E-state index contributed by atoms with van der Waals surface area (Å²) in [6.45, 7) is 4.51. The van der Waals surface area contributed by atoms with E-state index in [0.717, 1.165) is 48.2 Å². The summed E-state index contributed by atoms with van der Waals surface area (Å²) in [7, 11) is 0. The molecule has 41 heavy (non-hydrogen) atoms. The molecule has 2 aromatic carbocycles. The molecule has 1 fully saturated rings. The molecule has 5 rings (SSSR count). The zero-order chi connectivity index (χ0) is 28.6.